The Morgan fingerprint density at radius 2 is 1.77 bits per heavy atom. The zero-order valence-electron chi connectivity index (χ0n) is 11.9. The van der Waals surface area contributed by atoms with Crippen LogP contribution < -0.4 is 4.74 Å². The third-order valence-electron chi connectivity index (χ3n) is 3.05. The topological polar surface area (TPSA) is 29.5 Å². The Bertz CT molecular complexity index is 659. The van der Waals surface area contributed by atoms with Crippen molar-refractivity contribution in [3.63, 3.8) is 0 Å². The van der Waals surface area contributed by atoms with Gasteiger partial charge in [0.15, 0.2) is 12.4 Å². The highest BCUT2D eigenvalue weighted by molar-refractivity contribution is 9.10. The Balaban J connectivity index is 1.96. The highest BCUT2D eigenvalue weighted by atomic mass is 79.9. The van der Waals surface area contributed by atoms with Gasteiger partial charge in [-0.1, -0.05) is 63.4 Å². The van der Waals surface area contributed by atoms with Gasteiger partial charge < -0.3 is 9.64 Å². The molecule has 2 aromatic carbocycles. The van der Waals surface area contributed by atoms with Crippen LogP contribution in [0.2, 0.25) is 10.0 Å². The standard InChI is InChI=1S/C16H14BrCl2NO2/c1-20(9-11-5-2-3-6-12(11)17)15(21)10-22-16-13(18)7-4-8-14(16)19/h2-8H,9-10H2,1H3. The number of amides is 1. The molecule has 0 saturated heterocycles. The molecule has 0 aliphatic carbocycles. The van der Waals surface area contributed by atoms with Gasteiger partial charge in [-0.2, -0.15) is 0 Å². The molecule has 0 aliphatic rings. The summed E-state index contributed by atoms with van der Waals surface area (Å²) in [4.78, 5) is 13.7. The summed E-state index contributed by atoms with van der Waals surface area (Å²) in [6.07, 6.45) is 0. The van der Waals surface area contributed by atoms with Gasteiger partial charge in [-0.25, -0.2) is 0 Å². The average molecular weight is 403 g/mol. The van der Waals surface area contributed by atoms with Crippen molar-refractivity contribution in [1.82, 2.24) is 4.90 Å². The molecule has 2 aromatic rings. The lowest BCUT2D eigenvalue weighted by atomic mass is 10.2. The number of hydrogen-bond acceptors (Lipinski definition) is 2. The molecule has 6 heteroatoms. The average Bonchev–Trinajstić information content (AvgIpc) is 2.48. The third-order valence-corrected chi connectivity index (χ3v) is 4.42. The van der Waals surface area contributed by atoms with Gasteiger partial charge in [0.25, 0.3) is 5.91 Å². The minimum Gasteiger partial charge on any atom is -0.481 e. The predicted molar refractivity (Wildman–Crippen MR) is 92.6 cm³/mol. The maximum Gasteiger partial charge on any atom is 0.260 e. The quantitative estimate of drug-likeness (QED) is 0.719. The summed E-state index contributed by atoms with van der Waals surface area (Å²) in [5.74, 6) is 0.167. The van der Waals surface area contributed by atoms with E-state index < -0.39 is 0 Å². The number of ether oxygens (including phenoxy) is 1. The Hall–Kier alpha value is -1.23. The number of hydrogen-bond donors (Lipinski definition) is 0. The summed E-state index contributed by atoms with van der Waals surface area (Å²) in [5.41, 5.74) is 1.02. The molecule has 0 bridgehead atoms. The van der Waals surface area contributed by atoms with E-state index in [2.05, 4.69) is 15.9 Å². The minimum absolute atomic E-state index is 0.121. The maximum absolute atomic E-state index is 12.2. The van der Waals surface area contributed by atoms with Crippen molar-refractivity contribution >= 4 is 45.0 Å². The van der Waals surface area contributed by atoms with Gasteiger partial charge >= 0.3 is 0 Å². The summed E-state index contributed by atoms with van der Waals surface area (Å²) >= 11 is 15.5. The fraction of sp³-hybridized carbons (Fsp3) is 0.188. The number of carbonyl (C=O) groups is 1. The molecule has 0 atom stereocenters. The number of likely N-dealkylation sites (N-methyl/N-ethyl adjacent to an activating group) is 1. The molecule has 0 N–H and O–H groups in total. The zero-order chi connectivity index (χ0) is 16.1. The first-order valence-corrected chi connectivity index (χ1v) is 8.08. The van der Waals surface area contributed by atoms with Crippen LogP contribution in [0, 0.1) is 0 Å². The summed E-state index contributed by atoms with van der Waals surface area (Å²) in [5, 5.41) is 0.766. The van der Waals surface area contributed by atoms with Gasteiger partial charge in [0.1, 0.15) is 0 Å². The smallest absolute Gasteiger partial charge is 0.260 e. The van der Waals surface area contributed by atoms with E-state index in [9.17, 15) is 4.79 Å². The van der Waals surface area contributed by atoms with Crippen molar-refractivity contribution in [3.05, 3.63) is 62.5 Å². The molecule has 1 amide bonds. The third kappa shape index (κ3) is 4.38. The summed E-state index contributed by atoms with van der Waals surface area (Å²) < 4.78 is 6.41. The molecular formula is C16H14BrCl2NO2. The highest BCUT2D eigenvalue weighted by Gasteiger charge is 2.14. The van der Waals surface area contributed by atoms with Gasteiger partial charge in [-0.15, -0.1) is 0 Å². The van der Waals surface area contributed by atoms with E-state index in [1.54, 1.807) is 30.1 Å². The van der Waals surface area contributed by atoms with E-state index in [1.165, 1.54) is 0 Å². The van der Waals surface area contributed by atoms with Crippen LogP contribution in [0.5, 0.6) is 5.75 Å². The number of nitrogens with zero attached hydrogens (tertiary/aromatic N) is 1. The van der Waals surface area contributed by atoms with Crippen LogP contribution in [-0.2, 0) is 11.3 Å². The van der Waals surface area contributed by atoms with Crippen molar-refractivity contribution in [2.24, 2.45) is 0 Å². The van der Waals surface area contributed by atoms with Crippen LogP contribution in [0.1, 0.15) is 5.56 Å². The fourth-order valence-electron chi connectivity index (χ4n) is 1.83. The molecular weight excluding hydrogens is 389 g/mol. The van der Waals surface area contributed by atoms with Crippen LogP contribution in [0.25, 0.3) is 0 Å². The van der Waals surface area contributed by atoms with E-state index in [1.807, 2.05) is 24.3 Å². The molecule has 0 heterocycles. The first-order valence-electron chi connectivity index (χ1n) is 6.53. The monoisotopic (exact) mass is 401 g/mol. The van der Waals surface area contributed by atoms with Gasteiger partial charge in [0.2, 0.25) is 0 Å². The van der Waals surface area contributed by atoms with E-state index in [4.69, 9.17) is 27.9 Å². The van der Waals surface area contributed by atoms with Crippen molar-refractivity contribution < 1.29 is 9.53 Å². The summed E-state index contributed by atoms with van der Waals surface area (Å²) in [6, 6.07) is 12.8. The second-order valence-corrected chi connectivity index (χ2v) is 6.35. The van der Waals surface area contributed by atoms with Gasteiger partial charge in [-0.05, 0) is 23.8 Å². The molecule has 0 aliphatic heterocycles. The lowest BCUT2D eigenvalue weighted by molar-refractivity contribution is -0.132. The first kappa shape index (κ1) is 17.1. The van der Waals surface area contributed by atoms with Crippen molar-refractivity contribution in [2.45, 2.75) is 6.54 Å². The Morgan fingerprint density at radius 3 is 2.41 bits per heavy atom. The van der Waals surface area contributed by atoms with Crippen molar-refractivity contribution in [1.29, 1.82) is 0 Å². The first-order chi connectivity index (χ1) is 10.5. The second-order valence-electron chi connectivity index (χ2n) is 4.68. The molecule has 116 valence electrons. The van der Waals surface area contributed by atoms with Crippen LogP contribution in [0.15, 0.2) is 46.9 Å². The normalized spacial score (nSPS) is 10.4. The highest BCUT2D eigenvalue weighted by Crippen LogP contribution is 2.32. The number of halogens is 3. The predicted octanol–water partition coefficient (Wildman–Crippen LogP) is 4.79. The zero-order valence-corrected chi connectivity index (χ0v) is 15.0. The van der Waals surface area contributed by atoms with Crippen LogP contribution in [0.3, 0.4) is 0 Å². The number of benzene rings is 2. The van der Waals surface area contributed by atoms with E-state index in [0.717, 1.165) is 10.0 Å². The molecule has 0 saturated carbocycles. The van der Waals surface area contributed by atoms with Gasteiger partial charge in [-0.3, -0.25) is 4.79 Å². The second kappa shape index (κ2) is 7.86. The number of carbonyl (C=O) groups excluding carboxylic acids is 1. The number of para-hydroxylation sites is 1. The Morgan fingerprint density at radius 1 is 1.14 bits per heavy atom. The molecule has 0 spiro atoms. The van der Waals surface area contributed by atoms with E-state index >= 15 is 0 Å². The molecule has 2 rings (SSSR count). The van der Waals surface area contributed by atoms with Crippen molar-refractivity contribution in [3.8, 4) is 5.75 Å². The maximum atomic E-state index is 12.2. The molecule has 0 radical (unpaired) electrons. The molecule has 0 aromatic heterocycles. The lowest BCUT2D eigenvalue weighted by Gasteiger charge is -2.19. The lowest BCUT2D eigenvalue weighted by Crippen LogP contribution is -2.31. The Labute approximate surface area is 147 Å². The van der Waals surface area contributed by atoms with Gasteiger partial charge in [0, 0.05) is 18.1 Å². The van der Waals surface area contributed by atoms with Gasteiger partial charge in [0.05, 0.1) is 10.0 Å². The number of rotatable bonds is 5. The molecule has 0 unspecified atom stereocenters. The molecule has 22 heavy (non-hydrogen) atoms. The van der Waals surface area contributed by atoms with E-state index in [-0.39, 0.29) is 12.5 Å². The van der Waals surface area contributed by atoms with E-state index in [0.29, 0.717) is 22.3 Å². The fourth-order valence-corrected chi connectivity index (χ4v) is 2.75. The SMILES string of the molecule is CN(Cc1ccccc1Br)C(=O)COc1c(Cl)cccc1Cl. The minimum atomic E-state index is -0.160. The summed E-state index contributed by atoms with van der Waals surface area (Å²) in [7, 11) is 1.72. The van der Waals surface area contributed by atoms with Crippen LogP contribution >= 0.6 is 39.1 Å². The molecule has 3 nitrogen and oxygen atoms in total. The largest absolute Gasteiger partial charge is 0.481 e. The molecule has 0 fully saturated rings. The Kier molecular flexibility index (Phi) is 6.12. The van der Waals surface area contributed by atoms with Crippen LogP contribution in [-0.4, -0.2) is 24.5 Å². The van der Waals surface area contributed by atoms with Crippen molar-refractivity contribution in [2.75, 3.05) is 13.7 Å². The van der Waals surface area contributed by atoms with Crippen LogP contribution in [0.4, 0.5) is 0 Å². The summed E-state index contributed by atoms with van der Waals surface area (Å²) in [6.45, 7) is 0.365.